The number of methoxy groups -OCH3 is 1. The monoisotopic (exact) mass is 309 g/mol. The molecule has 0 radical (unpaired) electrons. The molecule has 0 fully saturated rings. The van der Waals surface area contributed by atoms with Crippen LogP contribution in [0.25, 0.3) is 0 Å². The molecule has 0 aliphatic carbocycles. The second-order valence-corrected chi connectivity index (χ2v) is 5.28. The summed E-state index contributed by atoms with van der Waals surface area (Å²) < 4.78 is 9.86. The summed E-state index contributed by atoms with van der Waals surface area (Å²) in [5, 5.41) is 13.9. The Bertz CT molecular complexity index is 605. The second kappa shape index (κ2) is 7.05. The summed E-state index contributed by atoms with van der Waals surface area (Å²) in [7, 11) is 1.35. The van der Waals surface area contributed by atoms with Crippen LogP contribution >= 0.6 is 11.3 Å². The molecule has 0 amide bonds. The number of nitrogens with one attached hydrogen (secondary N) is 1. The van der Waals surface area contributed by atoms with Gasteiger partial charge < -0.3 is 19.6 Å². The number of thiophene rings is 1. The highest BCUT2D eigenvalue weighted by molar-refractivity contribution is 7.10. The van der Waals surface area contributed by atoms with Gasteiger partial charge in [-0.05, 0) is 23.6 Å². The Morgan fingerprint density at radius 2 is 2.24 bits per heavy atom. The highest BCUT2D eigenvalue weighted by Crippen LogP contribution is 2.23. The first-order valence-electron chi connectivity index (χ1n) is 6.25. The second-order valence-electron chi connectivity index (χ2n) is 4.30. The Morgan fingerprint density at radius 3 is 2.81 bits per heavy atom. The van der Waals surface area contributed by atoms with Crippen molar-refractivity contribution in [1.29, 1.82) is 0 Å². The van der Waals surface area contributed by atoms with Crippen LogP contribution in [0.1, 0.15) is 33.7 Å². The number of rotatable bonds is 7. The van der Waals surface area contributed by atoms with Crippen LogP contribution in [0.15, 0.2) is 34.1 Å². The molecule has 1 atom stereocenters. The molecule has 0 aliphatic rings. The fraction of sp³-hybridized carbons (Fsp3) is 0.286. The number of hydrogen-bond acceptors (Lipinski definition) is 6. The van der Waals surface area contributed by atoms with Crippen LogP contribution in [0.3, 0.4) is 0 Å². The average Bonchev–Trinajstić information content (AvgIpc) is 3.14. The van der Waals surface area contributed by atoms with Gasteiger partial charge in [0, 0.05) is 4.88 Å². The summed E-state index contributed by atoms with van der Waals surface area (Å²) in [6.07, 6.45) is 0.198. The van der Waals surface area contributed by atoms with E-state index in [1.54, 1.807) is 6.07 Å². The van der Waals surface area contributed by atoms with E-state index in [9.17, 15) is 9.59 Å². The first-order chi connectivity index (χ1) is 10.1. The van der Waals surface area contributed by atoms with Crippen molar-refractivity contribution in [2.45, 2.75) is 19.0 Å². The molecule has 0 aromatic carbocycles. The molecule has 7 heteroatoms. The van der Waals surface area contributed by atoms with Crippen LogP contribution < -0.4 is 5.32 Å². The highest BCUT2D eigenvalue weighted by atomic mass is 32.1. The van der Waals surface area contributed by atoms with E-state index in [-0.39, 0.29) is 24.2 Å². The summed E-state index contributed by atoms with van der Waals surface area (Å²) in [6, 6.07) is 6.63. The zero-order chi connectivity index (χ0) is 15.2. The maximum absolute atomic E-state index is 11.5. The van der Waals surface area contributed by atoms with Gasteiger partial charge in [0.15, 0.2) is 0 Å². The van der Waals surface area contributed by atoms with Crippen LogP contribution in [-0.2, 0) is 16.1 Å². The lowest BCUT2D eigenvalue weighted by Gasteiger charge is -2.15. The summed E-state index contributed by atoms with van der Waals surface area (Å²) in [5.74, 6) is -1.02. The first-order valence-corrected chi connectivity index (χ1v) is 7.13. The SMILES string of the molecule is COC(=O)CC(NCc1ccc(C(=O)O)o1)c1cccs1. The fourth-order valence-electron chi connectivity index (χ4n) is 1.82. The van der Waals surface area contributed by atoms with Gasteiger partial charge in [-0.3, -0.25) is 4.79 Å². The Hall–Kier alpha value is -2.12. The first kappa shape index (κ1) is 15.3. The van der Waals surface area contributed by atoms with E-state index in [1.807, 2.05) is 17.5 Å². The Morgan fingerprint density at radius 1 is 1.43 bits per heavy atom. The van der Waals surface area contributed by atoms with E-state index >= 15 is 0 Å². The van der Waals surface area contributed by atoms with E-state index in [0.717, 1.165) is 4.88 Å². The van der Waals surface area contributed by atoms with Gasteiger partial charge in [-0.15, -0.1) is 11.3 Å². The molecule has 0 bridgehead atoms. The number of hydrogen-bond donors (Lipinski definition) is 2. The Labute approximate surface area is 125 Å². The minimum atomic E-state index is -1.11. The third kappa shape index (κ3) is 4.17. The smallest absolute Gasteiger partial charge is 0.371 e. The third-order valence-corrected chi connectivity index (χ3v) is 3.87. The molecule has 0 spiro atoms. The number of aromatic carboxylic acids is 1. The van der Waals surface area contributed by atoms with Gasteiger partial charge in [0.25, 0.3) is 0 Å². The van der Waals surface area contributed by atoms with Crippen LogP contribution in [0.5, 0.6) is 0 Å². The van der Waals surface area contributed by atoms with Gasteiger partial charge in [0.05, 0.1) is 26.1 Å². The molecule has 21 heavy (non-hydrogen) atoms. The maximum Gasteiger partial charge on any atom is 0.371 e. The van der Waals surface area contributed by atoms with Crippen molar-refractivity contribution >= 4 is 23.3 Å². The zero-order valence-corrected chi connectivity index (χ0v) is 12.2. The largest absolute Gasteiger partial charge is 0.475 e. The number of carboxylic acid groups (broad SMARTS) is 1. The molecule has 1 unspecified atom stereocenters. The molecule has 112 valence electrons. The molecule has 2 aromatic rings. The summed E-state index contributed by atoms with van der Waals surface area (Å²) >= 11 is 1.53. The van der Waals surface area contributed by atoms with E-state index in [0.29, 0.717) is 12.3 Å². The summed E-state index contributed by atoms with van der Waals surface area (Å²) in [4.78, 5) is 23.2. The molecule has 2 aromatic heterocycles. The molecule has 6 nitrogen and oxygen atoms in total. The molecule has 2 rings (SSSR count). The molecular formula is C14H15NO5S. The normalized spacial score (nSPS) is 12.0. The standard InChI is InChI=1S/C14H15NO5S/c1-19-13(16)7-10(12-3-2-6-21-12)15-8-9-4-5-11(20-9)14(17)18/h2-6,10,15H,7-8H2,1H3,(H,17,18). The van der Waals surface area contributed by atoms with Crippen molar-refractivity contribution in [2.24, 2.45) is 0 Å². The van der Waals surface area contributed by atoms with Crippen molar-refractivity contribution in [3.63, 3.8) is 0 Å². The lowest BCUT2D eigenvalue weighted by molar-refractivity contribution is -0.141. The Balaban J connectivity index is 2.01. The van der Waals surface area contributed by atoms with Gasteiger partial charge in [0.1, 0.15) is 5.76 Å². The predicted molar refractivity (Wildman–Crippen MR) is 76.2 cm³/mol. The van der Waals surface area contributed by atoms with Crippen molar-refractivity contribution in [2.75, 3.05) is 7.11 Å². The van der Waals surface area contributed by atoms with Crippen molar-refractivity contribution in [3.8, 4) is 0 Å². The quantitative estimate of drug-likeness (QED) is 0.764. The molecule has 0 aliphatic heterocycles. The van der Waals surface area contributed by atoms with E-state index in [2.05, 4.69) is 5.32 Å². The van der Waals surface area contributed by atoms with Gasteiger partial charge in [-0.25, -0.2) is 4.79 Å². The number of furan rings is 1. The maximum atomic E-state index is 11.5. The van der Waals surface area contributed by atoms with Gasteiger partial charge in [0.2, 0.25) is 5.76 Å². The summed E-state index contributed by atoms with van der Waals surface area (Å²) in [6.45, 7) is 0.326. The molecule has 0 saturated heterocycles. The predicted octanol–water partition coefficient (Wildman–Crippen LogP) is 2.43. The van der Waals surface area contributed by atoms with Crippen LogP contribution in [0.2, 0.25) is 0 Å². The number of carbonyl (C=O) groups is 2. The highest BCUT2D eigenvalue weighted by Gasteiger charge is 2.18. The number of carboxylic acids is 1. The average molecular weight is 309 g/mol. The van der Waals surface area contributed by atoms with Crippen molar-refractivity contribution in [3.05, 3.63) is 46.0 Å². The molecule has 2 heterocycles. The number of carbonyl (C=O) groups excluding carboxylic acids is 1. The van der Waals surface area contributed by atoms with E-state index in [4.69, 9.17) is 14.3 Å². The Kier molecular flexibility index (Phi) is 5.13. The topological polar surface area (TPSA) is 88.8 Å². The van der Waals surface area contributed by atoms with Gasteiger partial charge in [-0.2, -0.15) is 0 Å². The van der Waals surface area contributed by atoms with Crippen molar-refractivity contribution < 1.29 is 23.8 Å². The summed E-state index contributed by atoms with van der Waals surface area (Å²) in [5.41, 5.74) is 0. The van der Waals surface area contributed by atoms with Gasteiger partial charge in [-0.1, -0.05) is 6.07 Å². The lowest BCUT2D eigenvalue weighted by atomic mass is 10.1. The molecule has 0 saturated carbocycles. The zero-order valence-electron chi connectivity index (χ0n) is 11.4. The minimum Gasteiger partial charge on any atom is -0.475 e. The molecular weight excluding hydrogens is 294 g/mol. The number of esters is 1. The fourth-order valence-corrected chi connectivity index (χ4v) is 2.63. The minimum absolute atomic E-state index is 0.104. The lowest BCUT2D eigenvalue weighted by Crippen LogP contribution is -2.23. The van der Waals surface area contributed by atoms with Crippen molar-refractivity contribution in [1.82, 2.24) is 5.32 Å². The number of ether oxygens (including phenoxy) is 1. The van der Waals surface area contributed by atoms with Crippen LogP contribution in [-0.4, -0.2) is 24.2 Å². The van der Waals surface area contributed by atoms with Crippen LogP contribution in [0.4, 0.5) is 0 Å². The van der Waals surface area contributed by atoms with E-state index < -0.39 is 5.97 Å². The third-order valence-electron chi connectivity index (χ3n) is 2.88. The van der Waals surface area contributed by atoms with Gasteiger partial charge >= 0.3 is 11.9 Å². The van der Waals surface area contributed by atoms with Crippen LogP contribution in [0, 0.1) is 0 Å². The van der Waals surface area contributed by atoms with E-state index in [1.165, 1.54) is 24.5 Å². The molecule has 2 N–H and O–H groups in total.